The van der Waals surface area contributed by atoms with Gasteiger partial charge in [-0.1, -0.05) is 34.7 Å². The quantitative estimate of drug-likeness (QED) is 0.240. The van der Waals surface area contributed by atoms with Gasteiger partial charge in [0.05, 0.1) is 27.1 Å². The highest BCUT2D eigenvalue weighted by Gasteiger charge is 2.13. The molecule has 12 heteroatoms. The molecule has 0 radical (unpaired) electrons. The van der Waals surface area contributed by atoms with Gasteiger partial charge in [0.25, 0.3) is 5.69 Å². The van der Waals surface area contributed by atoms with E-state index in [-0.39, 0.29) is 33.9 Å². The van der Waals surface area contributed by atoms with E-state index in [0.717, 1.165) is 0 Å². The van der Waals surface area contributed by atoms with Crippen molar-refractivity contribution in [3.8, 4) is 5.69 Å². The normalized spacial score (nSPS) is 10.6. The zero-order valence-corrected chi connectivity index (χ0v) is 17.0. The van der Waals surface area contributed by atoms with Gasteiger partial charge in [-0.3, -0.25) is 14.9 Å². The number of rotatable bonds is 6. The van der Waals surface area contributed by atoms with E-state index in [4.69, 9.17) is 23.8 Å². The number of nitrogens with zero attached hydrogens (tertiary/aromatic N) is 3. The standard InChI is InChI=1S/C16H10ClFN4O3S3/c17-12-7-11(22(24)25)5-6-13(12)19-14(23)8-27-15-20-21(16(26)28-15)10-3-1-9(18)2-4-10/h1-7H,8H2,(H,19,23). The van der Waals surface area contributed by atoms with Crippen LogP contribution in [0.25, 0.3) is 5.69 Å². The lowest BCUT2D eigenvalue weighted by Gasteiger charge is -2.06. The number of nitro groups is 1. The molecule has 144 valence electrons. The predicted octanol–water partition coefficient (Wildman–Crippen LogP) is 5.09. The van der Waals surface area contributed by atoms with Gasteiger partial charge >= 0.3 is 0 Å². The molecule has 0 spiro atoms. The fraction of sp³-hybridized carbons (Fsp3) is 0.0625. The van der Waals surface area contributed by atoms with Crippen LogP contribution < -0.4 is 5.32 Å². The molecule has 3 rings (SSSR count). The molecule has 0 aliphatic carbocycles. The molecule has 0 fully saturated rings. The highest BCUT2D eigenvalue weighted by molar-refractivity contribution is 8.01. The first-order valence-corrected chi connectivity index (χ1v) is 10.1. The van der Waals surface area contributed by atoms with Gasteiger partial charge in [-0.2, -0.15) is 0 Å². The molecule has 28 heavy (non-hydrogen) atoms. The third kappa shape index (κ3) is 4.93. The summed E-state index contributed by atoms with van der Waals surface area (Å²) < 4.78 is 15.6. The summed E-state index contributed by atoms with van der Waals surface area (Å²) in [5.74, 6) is -0.671. The number of carbonyl (C=O) groups excluding carboxylic acids is 1. The monoisotopic (exact) mass is 456 g/mol. The molecule has 0 atom stereocenters. The molecule has 0 aliphatic rings. The van der Waals surface area contributed by atoms with E-state index in [0.29, 0.717) is 14.0 Å². The predicted molar refractivity (Wildman–Crippen MR) is 110 cm³/mol. The lowest BCUT2D eigenvalue weighted by atomic mass is 10.3. The van der Waals surface area contributed by atoms with E-state index in [1.54, 1.807) is 12.1 Å². The molecular weight excluding hydrogens is 447 g/mol. The van der Waals surface area contributed by atoms with E-state index in [9.17, 15) is 19.3 Å². The van der Waals surface area contributed by atoms with E-state index in [1.165, 1.54) is 58.1 Å². The summed E-state index contributed by atoms with van der Waals surface area (Å²) in [6, 6.07) is 9.53. The van der Waals surface area contributed by atoms with Gasteiger partial charge in [-0.25, -0.2) is 9.07 Å². The van der Waals surface area contributed by atoms with Crippen LogP contribution in [0.15, 0.2) is 46.8 Å². The number of carbonyl (C=O) groups is 1. The molecule has 1 N–H and O–H groups in total. The molecule has 1 aromatic heterocycles. The Hall–Kier alpha value is -2.34. The first-order chi connectivity index (χ1) is 13.3. The Morgan fingerprint density at radius 1 is 1.36 bits per heavy atom. The minimum atomic E-state index is -0.571. The van der Waals surface area contributed by atoms with Gasteiger partial charge in [-0.15, -0.1) is 5.10 Å². The van der Waals surface area contributed by atoms with Crippen molar-refractivity contribution >= 4 is 64.2 Å². The van der Waals surface area contributed by atoms with Crippen LogP contribution in [0.1, 0.15) is 0 Å². The Morgan fingerprint density at radius 3 is 2.71 bits per heavy atom. The molecular formula is C16H10ClFN4O3S3. The molecule has 0 bridgehead atoms. The SMILES string of the molecule is O=C(CSc1nn(-c2ccc(F)cc2)c(=S)s1)Nc1ccc([N+](=O)[O-])cc1Cl. The summed E-state index contributed by atoms with van der Waals surface area (Å²) in [5, 5.41) is 17.7. The minimum Gasteiger partial charge on any atom is -0.324 e. The van der Waals surface area contributed by atoms with Gasteiger partial charge in [0.15, 0.2) is 8.29 Å². The van der Waals surface area contributed by atoms with Crippen molar-refractivity contribution in [3.05, 3.63) is 67.4 Å². The maximum absolute atomic E-state index is 13.0. The molecule has 0 saturated heterocycles. The summed E-state index contributed by atoms with van der Waals surface area (Å²) in [5.41, 5.74) is 0.738. The molecule has 3 aromatic rings. The average molecular weight is 457 g/mol. The van der Waals surface area contributed by atoms with Gasteiger partial charge in [-0.05, 0) is 42.5 Å². The van der Waals surface area contributed by atoms with Crippen molar-refractivity contribution in [1.82, 2.24) is 9.78 Å². The topological polar surface area (TPSA) is 90.1 Å². The van der Waals surface area contributed by atoms with Crippen molar-refractivity contribution in [2.45, 2.75) is 4.34 Å². The number of nitrogens with one attached hydrogen (secondary N) is 1. The number of halogens is 2. The Kier molecular flexibility index (Phi) is 6.39. The highest BCUT2D eigenvalue weighted by atomic mass is 35.5. The van der Waals surface area contributed by atoms with E-state index in [1.807, 2.05) is 0 Å². The van der Waals surface area contributed by atoms with Crippen LogP contribution in [0.5, 0.6) is 0 Å². The van der Waals surface area contributed by atoms with Crippen molar-refractivity contribution < 1.29 is 14.1 Å². The first-order valence-electron chi connectivity index (χ1n) is 7.56. The van der Waals surface area contributed by atoms with Crippen LogP contribution in [-0.2, 0) is 4.79 Å². The average Bonchev–Trinajstić information content (AvgIpc) is 3.03. The zero-order chi connectivity index (χ0) is 20.3. The highest BCUT2D eigenvalue weighted by Crippen LogP contribution is 2.28. The molecule has 0 aliphatic heterocycles. The summed E-state index contributed by atoms with van der Waals surface area (Å²) in [4.78, 5) is 22.3. The number of thioether (sulfide) groups is 1. The second-order valence-corrected chi connectivity index (χ2v) is 8.53. The van der Waals surface area contributed by atoms with E-state index in [2.05, 4.69) is 10.4 Å². The Morgan fingerprint density at radius 2 is 2.07 bits per heavy atom. The van der Waals surface area contributed by atoms with Crippen molar-refractivity contribution in [2.24, 2.45) is 0 Å². The number of non-ortho nitro benzene ring substituents is 1. The number of hydrogen-bond acceptors (Lipinski definition) is 7. The molecule has 2 aromatic carbocycles. The van der Waals surface area contributed by atoms with Crippen molar-refractivity contribution in [2.75, 3.05) is 11.1 Å². The number of aromatic nitrogens is 2. The fourth-order valence-electron chi connectivity index (χ4n) is 2.10. The third-order valence-corrected chi connectivity index (χ3v) is 6.04. The van der Waals surface area contributed by atoms with Gasteiger partial charge in [0.2, 0.25) is 5.91 Å². The summed E-state index contributed by atoms with van der Waals surface area (Å²) in [6.45, 7) is 0. The largest absolute Gasteiger partial charge is 0.324 e. The van der Waals surface area contributed by atoms with E-state index < -0.39 is 4.92 Å². The summed E-state index contributed by atoms with van der Waals surface area (Å²) >= 11 is 13.6. The van der Waals surface area contributed by atoms with Crippen LogP contribution in [0.4, 0.5) is 15.8 Å². The lowest BCUT2D eigenvalue weighted by molar-refractivity contribution is -0.384. The number of amides is 1. The summed E-state index contributed by atoms with van der Waals surface area (Å²) in [6.07, 6.45) is 0. The maximum atomic E-state index is 13.0. The third-order valence-electron chi connectivity index (χ3n) is 3.36. The Balaban J connectivity index is 1.64. The number of benzene rings is 2. The van der Waals surface area contributed by atoms with Gasteiger partial charge in [0, 0.05) is 12.1 Å². The van der Waals surface area contributed by atoms with Crippen LogP contribution in [0, 0.1) is 19.9 Å². The first kappa shape index (κ1) is 20.4. The second kappa shape index (κ2) is 8.78. The molecule has 0 unspecified atom stereocenters. The molecule has 1 heterocycles. The van der Waals surface area contributed by atoms with Crippen LogP contribution in [0.3, 0.4) is 0 Å². The molecule has 1 amide bonds. The smallest absolute Gasteiger partial charge is 0.271 e. The lowest BCUT2D eigenvalue weighted by Crippen LogP contribution is -2.14. The maximum Gasteiger partial charge on any atom is 0.271 e. The zero-order valence-electron chi connectivity index (χ0n) is 13.8. The Bertz CT molecular complexity index is 1100. The molecule has 0 saturated carbocycles. The van der Waals surface area contributed by atoms with Crippen molar-refractivity contribution in [1.29, 1.82) is 0 Å². The van der Waals surface area contributed by atoms with Crippen LogP contribution in [0.2, 0.25) is 5.02 Å². The fourth-order valence-corrected chi connectivity index (χ4v) is 4.48. The number of hydrogen-bond donors (Lipinski definition) is 1. The van der Waals surface area contributed by atoms with Gasteiger partial charge < -0.3 is 5.32 Å². The number of nitro benzene ring substituents is 1. The molecule has 7 nitrogen and oxygen atoms in total. The minimum absolute atomic E-state index is 0.0407. The van der Waals surface area contributed by atoms with Gasteiger partial charge in [0.1, 0.15) is 5.82 Å². The number of anilines is 1. The second-order valence-electron chi connectivity index (χ2n) is 5.28. The Labute approximate surface area is 176 Å². The summed E-state index contributed by atoms with van der Waals surface area (Å²) in [7, 11) is 0. The van der Waals surface area contributed by atoms with E-state index >= 15 is 0 Å². The van der Waals surface area contributed by atoms with Crippen LogP contribution >= 0.6 is 46.9 Å². The van der Waals surface area contributed by atoms with Crippen LogP contribution in [-0.4, -0.2) is 26.4 Å². The van der Waals surface area contributed by atoms with Crippen molar-refractivity contribution in [3.63, 3.8) is 0 Å².